The first kappa shape index (κ1) is 14.1. The normalized spacial score (nSPS) is 11.0. The molecule has 0 spiro atoms. The van der Waals surface area contributed by atoms with E-state index in [2.05, 4.69) is 10.3 Å². The molecule has 0 atom stereocenters. The largest absolute Gasteiger partial charge is 0.447 e. The molecule has 5 nitrogen and oxygen atoms in total. The topological polar surface area (TPSA) is 81.1 Å². The number of carbonyl (C=O) groups excluding carboxylic acids is 1. The van der Waals surface area contributed by atoms with Gasteiger partial charge in [0.15, 0.2) is 5.69 Å². The number of oxazole rings is 1. The molecule has 3 aromatic rings. The quantitative estimate of drug-likeness (QED) is 0.774. The summed E-state index contributed by atoms with van der Waals surface area (Å²) in [5, 5.41) is 4.46. The Hall–Kier alpha value is -1.89. The van der Waals surface area contributed by atoms with Crippen LogP contribution in [0.2, 0.25) is 5.02 Å². The van der Waals surface area contributed by atoms with Crippen LogP contribution in [0.4, 0.5) is 0 Å². The van der Waals surface area contributed by atoms with E-state index in [1.165, 1.54) is 6.26 Å². The number of rotatable bonds is 4. The maximum Gasteiger partial charge on any atom is 0.273 e. The minimum absolute atomic E-state index is 0.162. The van der Waals surface area contributed by atoms with Gasteiger partial charge in [0.1, 0.15) is 6.26 Å². The average molecular weight is 322 g/mol. The Balaban J connectivity index is 1.74. The predicted octanol–water partition coefficient (Wildman–Crippen LogP) is 2.93. The lowest BCUT2D eigenvalue weighted by Crippen LogP contribution is -2.22. The molecule has 108 valence electrons. The predicted molar refractivity (Wildman–Crippen MR) is 82.4 cm³/mol. The van der Waals surface area contributed by atoms with E-state index in [1.54, 1.807) is 11.3 Å². The van der Waals surface area contributed by atoms with Gasteiger partial charge in [0.25, 0.3) is 5.91 Å². The third-order valence-electron chi connectivity index (χ3n) is 2.97. The summed E-state index contributed by atoms with van der Waals surface area (Å²) in [4.78, 5) is 16.8. The maximum atomic E-state index is 12.0. The van der Waals surface area contributed by atoms with Crippen LogP contribution in [0.3, 0.4) is 0 Å². The smallest absolute Gasteiger partial charge is 0.273 e. The van der Waals surface area contributed by atoms with Crippen LogP contribution in [-0.4, -0.2) is 10.9 Å². The third kappa shape index (κ3) is 2.78. The van der Waals surface area contributed by atoms with Crippen LogP contribution in [-0.2, 0) is 13.1 Å². The Morgan fingerprint density at radius 2 is 2.24 bits per heavy atom. The van der Waals surface area contributed by atoms with Gasteiger partial charge in [-0.15, -0.1) is 11.3 Å². The maximum absolute atomic E-state index is 12.0. The number of nitrogens with zero attached hydrogens (tertiary/aromatic N) is 1. The second-order valence-electron chi connectivity index (χ2n) is 4.35. The van der Waals surface area contributed by atoms with Crippen molar-refractivity contribution >= 4 is 38.9 Å². The van der Waals surface area contributed by atoms with Crippen LogP contribution in [0.25, 0.3) is 10.1 Å². The van der Waals surface area contributed by atoms with Gasteiger partial charge in [-0.25, -0.2) is 4.98 Å². The van der Waals surface area contributed by atoms with Gasteiger partial charge in [-0.3, -0.25) is 4.79 Å². The molecule has 3 rings (SSSR count). The van der Waals surface area contributed by atoms with Crippen molar-refractivity contribution in [1.82, 2.24) is 10.3 Å². The van der Waals surface area contributed by atoms with Gasteiger partial charge in [-0.2, -0.15) is 0 Å². The van der Waals surface area contributed by atoms with Crippen LogP contribution in [0, 0.1) is 0 Å². The molecule has 1 amide bonds. The number of nitrogens with two attached hydrogens (primary N) is 1. The average Bonchev–Trinajstić information content (AvgIpc) is 3.10. The van der Waals surface area contributed by atoms with E-state index in [1.807, 2.05) is 24.3 Å². The summed E-state index contributed by atoms with van der Waals surface area (Å²) in [6.07, 6.45) is 1.30. The molecule has 3 N–H and O–H groups in total. The fourth-order valence-electron chi connectivity index (χ4n) is 1.94. The van der Waals surface area contributed by atoms with E-state index < -0.39 is 0 Å². The summed E-state index contributed by atoms with van der Waals surface area (Å²) in [5.74, 6) is 0.0204. The highest BCUT2D eigenvalue weighted by Gasteiger charge is 2.14. The van der Waals surface area contributed by atoms with Gasteiger partial charge in [0.2, 0.25) is 5.89 Å². The molecule has 0 aliphatic heterocycles. The van der Waals surface area contributed by atoms with Gasteiger partial charge in [-0.1, -0.05) is 29.8 Å². The molecule has 0 aliphatic rings. The van der Waals surface area contributed by atoms with Crippen LogP contribution >= 0.6 is 22.9 Å². The molecule has 0 unspecified atom stereocenters. The number of hydrogen-bond donors (Lipinski definition) is 2. The minimum Gasteiger partial charge on any atom is -0.447 e. The Morgan fingerprint density at radius 1 is 1.43 bits per heavy atom. The molecule has 0 radical (unpaired) electrons. The highest BCUT2D eigenvalue weighted by molar-refractivity contribution is 7.19. The van der Waals surface area contributed by atoms with Crippen LogP contribution in [0.5, 0.6) is 0 Å². The van der Waals surface area contributed by atoms with E-state index in [4.69, 9.17) is 21.8 Å². The summed E-state index contributed by atoms with van der Waals surface area (Å²) in [6.45, 7) is 0.511. The number of hydrogen-bond acceptors (Lipinski definition) is 5. The summed E-state index contributed by atoms with van der Waals surface area (Å²) >= 11 is 7.88. The van der Waals surface area contributed by atoms with E-state index in [-0.39, 0.29) is 18.1 Å². The molecule has 0 fully saturated rings. The fraction of sp³-hybridized carbons (Fsp3) is 0.143. The lowest BCUT2D eigenvalue weighted by atomic mass is 10.2. The molecular weight excluding hydrogens is 310 g/mol. The molecule has 0 saturated heterocycles. The van der Waals surface area contributed by atoms with Crippen molar-refractivity contribution in [3.05, 3.63) is 52.0 Å². The van der Waals surface area contributed by atoms with Gasteiger partial charge < -0.3 is 15.5 Å². The van der Waals surface area contributed by atoms with E-state index >= 15 is 0 Å². The number of benzene rings is 1. The van der Waals surface area contributed by atoms with Gasteiger partial charge in [-0.05, 0) is 6.07 Å². The number of fused-ring (bicyclic) bond motifs is 1. The molecular formula is C14H12ClN3O2S. The summed E-state index contributed by atoms with van der Waals surface area (Å²) in [5.41, 5.74) is 5.60. The number of carbonyl (C=O) groups is 1. The molecule has 2 aromatic heterocycles. The monoisotopic (exact) mass is 321 g/mol. The van der Waals surface area contributed by atoms with Crippen molar-refractivity contribution in [1.29, 1.82) is 0 Å². The first-order chi connectivity index (χ1) is 10.2. The zero-order valence-electron chi connectivity index (χ0n) is 10.9. The van der Waals surface area contributed by atoms with Crippen LogP contribution in [0.1, 0.15) is 21.3 Å². The number of nitrogens with one attached hydrogen (secondary N) is 1. The van der Waals surface area contributed by atoms with Crippen molar-refractivity contribution in [3.8, 4) is 0 Å². The van der Waals surface area contributed by atoms with Crippen LogP contribution in [0.15, 0.2) is 34.9 Å². The standard InChI is InChI=1S/C14H12ClN3O2S/c15-13-8-3-1-2-4-10(8)21-11(13)6-17-14(19)9-7-20-12(5-16)18-9/h1-4,7H,5-6,16H2,(H,17,19). The number of aromatic nitrogens is 1. The second kappa shape index (κ2) is 5.85. The van der Waals surface area contributed by atoms with Gasteiger partial charge in [0.05, 0.1) is 18.1 Å². The lowest BCUT2D eigenvalue weighted by molar-refractivity contribution is 0.0946. The molecule has 7 heteroatoms. The first-order valence-corrected chi connectivity index (χ1v) is 7.47. The molecule has 21 heavy (non-hydrogen) atoms. The Labute approximate surface area is 129 Å². The Morgan fingerprint density at radius 3 is 2.95 bits per heavy atom. The lowest BCUT2D eigenvalue weighted by Gasteiger charge is -2.01. The molecule has 0 aliphatic carbocycles. The molecule has 1 aromatic carbocycles. The third-order valence-corrected chi connectivity index (χ3v) is 4.68. The second-order valence-corrected chi connectivity index (χ2v) is 5.86. The SMILES string of the molecule is NCc1nc(C(=O)NCc2sc3ccccc3c2Cl)co1. The van der Waals surface area contributed by atoms with Gasteiger partial charge in [0, 0.05) is 15.0 Å². The van der Waals surface area contributed by atoms with Crippen molar-refractivity contribution < 1.29 is 9.21 Å². The van der Waals surface area contributed by atoms with E-state index in [0.717, 1.165) is 15.0 Å². The van der Waals surface area contributed by atoms with Crippen molar-refractivity contribution in [2.24, 2.45) is 5.73 Å². The highest BCUT2D eigenvalue weighted by Crippen LogP contribution is 2.34. The zero-order chi connectivity index (χ0) is 14.8. The van der Waals surface area contributed by atoms with E-state index in [9.17, 15) is 4.79 Å². The molecule has 0 bridgehead atoms. The fourth-order valence-corrected chi connectivity index (χ4v) is 3.38. The Bertz CT molecular complexity index is 796. The summed E-state index contributed by atoms with van der Waals surface area (Å²) in [7, 11) is 0. The van der Waals surface area contributed by atoms with Crippen molar-refractivity contribution in [3.63, 3.8) is 0 Å². The van der Waals surface area contributed by atoms with Gasteiger partial charge >= 0.3 is 0 Å². The number of thiophene rings is 1. The number of amides is 1. The zero-order valence-corrected chi connectivity index (χ0v) is 12.5. The molecule has 2 heterocycles. The van der Waals surface area contributed by atoms with E-state index in [0.29, 0.717) is 17.5 Å². The summed E-state index contributed by atoms with van der Waals surface area (Å²) < 4.78 is 6.13. The minimum atomic E-state index is -0.313. The Kier molecular flexibility index (Phi) is 3.92. The van der Waals surface area contributed by atoms with Crippen LogP contribution < -0.4 is 11.1 Å². The molecule has 0 saturated carbocycles. The van der Waals surface area contributed by atoms with Crippen molar-refractivity contribution in [2.45, 2.75) is 13.1 Å². The number of halogens is 1. The highest BCUT2D eigenvalue weighted by atomic mass is 35.5. The summed E-state index contributed by atoms with van der Waals surface area (Å²) in [6, 6.07) is 7.86. The first-order valence-electron chi connectivity index (χ1n) is 6.27. The van der Waals surface area contributed by atoms with Crippen molar-refractivity contribution in [2.75, 3.05) is 0 Å².